The van der Waals surface area contributed by atoms with Gasteiger partial charge in [-0.05, 0) is 80.2 Å². The Morgan fingerprint density at radius 1 is 1.00 bits per heavy atom. The van der Waals surface area contributed by atoms with Gasteiger partial charge in [-0.25, -0.2) is 0 Å². The molecule has 3 aliphatic rings. The van der Waals surface area contributed by atoms with Crippen LogP contribution in [0, 0.1) is 0 Å². The molecule has 5 heteroatoms. The van der Waals surface area contributed by atoms with Crippen molar-refractivity contribution in [2.75, 3.05) is 38.8 Å². The molecule has 0 N–H and O–H groups in total. The molecule has 0 aromatic heterocycles. The van der Waals surface area contributed by atoms with Crippen LogP contribution in [0.3, 0.4) is 0 Å². The number of nitrogens with zero attached hydrogens (tertiary/aromatic N) is 2. The lowest BCUT2D eigenvalue weighted by Crippen LogP contribution is -2.46. The van der Waals surface area contributed by atoms with Crippen molar-refractivity contribution in [3.05, 3.63) is 53.6 Å². The molecule has 2 aliphatic heterocycles. The summed E-state index contributed by atoms with van der Waals surface area (Å²) in [5.74, 6) is 1.85. The number of fused-ring (bicyclic) bond motifs is 2. The quantitative estimate of drug-likeness (QED) is 0.758. The summed E-state index contributed by atoms with van der Waals surface area (Å²) in [6, 6.07) is 14.8. The normalized spacial score (nSPS) is 20.3. The second-order valence-electron chi connectivity index (χ2n) is 8.94. The van der Waals surface area contributed by atoms with E-state index in [1.807, 2.05) is 35.2 Å². The van der Waals surface area contributed by atoms with E-state index in [0.717, 1.165) is 61.3 Å². The van der Waals surface area contributed by atoms with Gasteiger partial charge >= 0.3 is 0 Å². The van der Waals surface area contributed by atoms with E-state index in [4.69, 9.17) is 9.47 Å². The number of carbonyl (C=O) groups excluding carboxylic acids is 1. The standard InChI is InChI=1S/C25H30N2O3/c1-29-20-7-3-18(4-8-20)15-24(28)27-17-25(11-13-26(14-12-25)19-5-6-19)22-16-21(30-2)9-10-23(22)27/h3-4,7-10,16,19H,5-6,11-15,17H2,1-2H3. The van der Waals surface area contributed by atoms with Crippen LogP contribution >= 0.6 is 0 Å². The summed E-state index contributed by atoms with van der Waals surface area (Å²) in [7, 11) is 3.37. The molecule has 1 saturated heterocycles. The van der Waals surface area contributed by atoms with Crippen molar-refractivity contribution in [1.82, 2.24) is 4.90 Å². The summed E-state index contributed by atoms with van der Waals surface area (Å²) in [6.45, 7) is 3.03. The molecule has 2 heterocycles. The number of likely N-dealkylation sites (tertiary alicyclic amines) is 1. The first-order chi connectivity index (χ1) is 14.6. The highest BCUT2D eigenvalue weighted by atomic mass is 16.5. The third kappa shape index (κ3) is 3.45. The summed E-state index contributed by atoms with van der Waals surface area (Å²) in [5.41, 5.74) is 3.42. The fourth-order valence-electron chi connectivity index (χ4n) is 5.20. The van der Waals surface area contributed by atoms with Gasteiger partial charge in [0.2, 0.25) is 5.91 Å². The van der Waals surface area contributed by atoms with E-state index < -0.39 is 0 Å². The number of hydrogen-bond donors (Lipinski definition) is 0. The second kappa shape index (κ2) is 7.62. The summed E-state index contributed by atoms with van der Waals surface area (Å²) >= 11 is 0. The van der Waals surface area contributed by atoms with Crippen molar-refractivity contribution in [1.29, 1.82) is 0 Å². The van der Waals surface area contributed by atoms with Gasteiger partial charge in [0.05, 0.1) is 20.6 Å². The van der Waals surface area contributed by atoms with E-state index in [1.165, 1.54) is 18.4 Å². The maximum atomic E-state index is 13.3. The molecule has 0 atom stereocenters. The average Bonchev–Trinajstić information content (AvgIpc) is 3.59. The van der Waals surface area contributed by atoms with Crippen LogP contribution in [-0.4, -0.2) is 50.7 Å². The molecule has 1 aliphatic carbocycles. The number of anilines is 1. The minimum Gasteiger partial charge on any atom is -0.497 e. The fourth-order valence-corrected chi connectivity index (χ4v) is 5.20. The molecule has 0 unspecified atom stereocenters. The van der Waals surface area contributed by atoms with Crippen molar-refractivity contribution < 1.29 is 14.3 Å². The predicted octanol–water partition coefficient (Wildman–Crippen LogP) is 3.79. The zero-order valence-electron chi connectivity index (χ0n) is 17.9. The zero-order chi connectivity index (χ0) is 20.7. The van der Waals surface area contributed by atoms with E-state index in [-0.39, 0.29) is 11.3 Å². The van der Waals surface area contributed by atoms with Gasteiger partial charge in [0, 0.05) is 23.7 Å². The van der Waals surface area contributed by atoms with Crippen LogP contribution in [0.1, 0.15) is 36.8 Å². The minimum absolute atomic E-state index is 0.0465. The molecular formula is C25H30N2O3. The van der Waals surface area contributed by atoms with Crippen molar-refractivity contribution in [2.24, 2.45) is 0 Å². The molecule has 2 aromatic carbocycles. The van der Waals surface area contributed by atoms with Crippen LogP contribution in [0.15, 0.2) is 42.5 Å². The smallest absolute Gasteiger partial charge is 0.231 e. The Hall–Kier alpha value is -2.53. The molecule has 0 radical (unpaired) electrons. The van der Waals surface area contributed by atoms with Crippen molar-refractivity contribution in [2.45, 2.75) is 43.6 Å². The Bertz CT molecular complexity index is 928. The van der Waals surface area contributed by atoms with Crippen molar-refractivity contribution in [3.63, 3.8) is 0 Å². The van der Waals surface area contributed by atoms with Crippen molar-refractivity contribution in [3.8, 4) is 11.5 Å². The number of piperidine rings is 1. The van der Waals surface area contributed by atoms with E-state index in [9.17, 15) is 4.79 Å². The van der Waals surface area contributed by atoms with Crippen LogP contribution in [0.2, 0.25) is 0 Å². The van der Waals surface area contributed by atoms with Crippen LogP contribution in [0.25, 0.3) is 0 Å². The second-order valence-corrected chi connectivity index (χ2v) is 8.94. The van der Waals surface area contributed by atoms with Gasteiger partial charge < -0.3 is 19.3 Å². The maximum Gasteiger partial charge on any atom is 0.231 e. The maximum absolute atomic E-state index is 13.3. The lowest BCUT2D eigenvalue weighted by atomic mass is 9.74. The molecule has 5 nitrogen and oxygen atoms in total. The Morgan fingerprint density at radius 2 is 1.67 bits per heavy atom. The Kier molecular flexibility index (Phi) is 4.94. The third-order valence-electron chi connectivity index (χ3n) is 7.16. The first kappa shape index (κ1) is 19.4. The Labute approximate surface area is 178 Å². The summed E-state index contributed by atoms with van der Waals surface area (Å²) in [5, 5.41) is 0. The highest BCUT2D eigenvalue weighted by Crippen LogP contribution is 2.49. The fraction of sp³-hybridized carbons (Fsp3) is 0.480. The van der Waals surface area contributed by atoms with Gasteiger partial charge in [-0.2, -0.15) is 0 Å². The predicted molar refractivity (Wildman–Crippen MR) is 118 cm³/mol. The SMILES string of the molecule is COc1ccc(CC(=O)N2CC3(CCN(C4CC4)CC3)c3cc(OC)ccc32)cc1. The topological polar surface area (TPSA) is 42.0 Å². The number of amides is 1. The van der Waals surface area contributed by atoms with Gasteiger partial charge in [0.1, 0.15) is 11.5 Å². The lowest BCUT2D eigenvalue weighted by Gasteiger charge is -2.40. The van der Waals surface area contributed by atoms with E-state index in [1.54, 1.807) is 14.2 Å². The molecule has 1 saturated carbocycles. The van der Waals surface area contributed by atoms with E-state index in [2.05, 4.69) is 17.0 Å². The Morgan fingerprint density at radius 3 is 2.30 bits per heavy atom. The van der Waals surface area contributed by atoms with Crippen molar-refractivity contribution >= 4 is 11.6 Å². The van der Waals surface area contributed by atoms with Gasteiger partial charge in [-0.3, -0.25) is 4.79 Å². The molecule has 158 valence electrons. The van der Waals surface area contributed by atoms with E-state index >= 15 is 0 Å². The number of ether oxygens (including phenoxy) is 2. The summed E-state index contributed by atoms with van der Waals surface area (Å²) in [4.78, 5) is 18.0. The molecule has 0 bridgehead atoms. The number of benzene rings is 2. The molecule has 1 spiro atoms. The van der Waals surface area contributed by atoms with Crippen LogP contribution in [0.4, 0.5) is 5.69 Å². The number of hydrogen-bond acceptors (Lipinski definition) is 4. The molecule has 2 aromatic rings. The van der Waals surface area contributed by atoms with Crippen LogP contribution < -0.4 is 14.4 Å². The highest BCUT2D eigenvalue weighted by molar-refractivity contribution is 5.97. The summed E-state index contributed by atoms with van der Waals surface area (Å²) < 4.78 is 10.8. The van der Waals surface area contributed by atoms with Gasteiger partial charge in [-0.1, -0.05) is 12.1 Å². The van der Waals surface area contributed by atoms with Crippen LogP contribution in [-0.2, 0) is 16.6 Å². The summed E-state index contributed by atoms with van der Waals surface area (Å²) in [6.07, 6.45) is 5.32. The largest absolute Gasteiger partial charge is 0.497 e. The number of carbonyl (C=O) groups is 1. The first-order valence-electron chi connectivity index (χ1n) is 11.0. The highest BCUT2D eigenvalue weighted by Gasteiger charge is 2.47. The van der Waals surface area contributed by atoms with Gasteiger partial charge in [-0.15, -0.1) is 0 Å². The molecular weight excluding hydrogens is 376 g/mol. The Balaban J connectivity index is 1.40. The zero-order valence-corrected chi connectivity index (χ0v) is 17.9. The third-order valence-corrected chi connectivity index (χ3v) is 7.16. The monoisotopic (exact) mass is 406 g/mol. The van der Waals surface area contributed by atoms with Gasteiger partial charge in [0.15, 0.2) is 0 Å². The molecule has 5 rings (SSSR count). The molecule has 1 amide bonds. The van der Waals surface area contributed by atoms with E-state index in [0.29, 0.717) is 6.42 Å². The average molecular weight is 407 g/mol. The molecule has 2 fully saturated rings. The lowest BCUT2D eigenvalue weighted by molar-refractivity contribution is -0.118. The number of methoxy groups -OCH3 is 2. The first-order valence-corrected chi connectivity index (χ1v) is 11.0. The number of rotatable bonds is 5. The van der Waals surface area contributed by atoms with Gasteiger partial charge in [0.25, 0.3) is 0 Å². The molecule has 30 heavy (non-hydrogen) atoms. The minimum atomic E-state index is 0.0465. The van der Waals surface area contributed by atoms with Crippen LogP contribution in [0.5, 0.6) is 11.5 Å².